The second kappa shape index (κ2) is 7.26. The summed E-state index contributed by atoms with van der Waals surface area (Å²) in [6.07, 6.45) is 3.46. The van der Waals surface area contributed by atoms with Crippen molar-refractivity contribution in [1.29, 1.82) is 0 Å². The fourth-order valence-corrected chi connectivity index (χ4v) is 2.71. The summed E-state index contributed by atoms with van der Waals surface area (Å²) in [4.78, 5) is 34.3. The van der Waals surface area contributed by atoms with Gasteiger partial charge in [-0.05, 0) is 24.2 Å². The molecule has 1 aliphatic rings. The van der Waals surface area contributed by atoms with E-state index in [1.807, 2.05) is 13.8 Å². The molecule has 0 spiro atoms. The van der Waals surface area contributed by atoms with Crippen LogP contribution in [0.2, 0.25) is 0 Å². The number of carbonyl (C=O) groups is 3. The number of carboxylic acids is 1. The lowest BCUT2D eigenvalue weighted by atomic mass is 9.79. The molecule has 0 radical (unpaired) electrons. The minimum Gasteiger partial charge on any atom is -0.481 e. The first-order valence-electron chi connectivity index (χ1n) is 7.12. The van der Waals surface area contributed by atoms with Gasteiger partial charge in [-0.25, -0.2) is 4.79 Å². The number of nitrogens with one attached hydrogen (secondary N) is 2. The van der Waals surface area contributed by atoms with Gasteiger partial charge in [0.25, 0.3) is 0 Å². The first-order chi connectivity index (χ1) is 9.33. The molecular formula is C14H24N2O4. The van der Waals surface area contributed by atoms with Gasteiger partial charge in [-0.2, -0.15) is 0 Å². The second-order valence-electron chi connectivity index (χ2n) is 6.11. The van der Waals surface area contributed by atoms with Crippen LogP contribution in [-0.4, -0.2) is 29.6 Å². The Labute approximate surface area is 119 Å². The van der Waals surface area contributed by atoms with Crippen molar-refractivity contribution in [3.8, 4) is 0 Å². The Morgan fingerprint density at radius 2 is 1.75 bits per heavy atom. The quantitative estimate of drug-likeness (QED) is 0.694. The van der Waals surface area contributed by atoms with Crippen LogP contribution < -0.4 is 10.6 Å². The molecule has 0 unspecified atom stereocenters. The molecule has 1 aliphatic carbocycles. The molecule has 1 rings (SSSR count). The first-order valence-corrected chi connectivity index (χ1v) is 7.12. The molecule has 0 saturated heterocycles. The van der Waals surface area contributed by atoms with Crippen molar-refractivity contribution in [2.45, 2.75) is 52.4 Å². The van der Waals surface area contributed by atoms with Crippen molar-refractivity contribution in [2.24, 2.45) is 11.3 Å². The normalized spacial score (nSPS) is 16.9. The minimum atomic E-state index is -0.885. The third kappa shape index (κ3) is 5.59. The lowest BCUT2D eigenvalue weighted by Crippen LogP contribution is -2.42. The number of imide groups is 1. The second-order valence-corrected chi connectivity index (χ2v) is 6.11. The summed E-state index contributed by atoms with van der Waals surface area (Å²) in [5.41, 5.74) is -0.478. The van der Waals surface area contributed by atoms with Crippen molar-refractivity contribution >= 4 is 17.9 Å². The van der Waals surface area contributed by atoms with E-state index in [1.54, 1.807) is 0 Å². The van der Waals surface area contributed by atoms with Crippen molar-refractivity contribution in [3.05, 3.63) is 0 Å². The Kier molecular flexibility index (Phi) is 5.98. The molecular weight excluding hydrogens is 260 g/mol. The van der Waals surface area contributed by atoms with Crippen LogP contribution in [0.3, 0.4) is 0 Å². The van der Waals surface area contributed by atoms with Gasteiger partial charge in [0.15, 0.2) is 0 Å². The predicted molar refractivity (Wildman–Crippen MR) is 74.2 cm³/mol. The van der Waals surface area contributed by atoms with Crippen LogP contribution in [0.25, 0.3) is 0 Å². The maximum atomic E-state index is 11.9. The van der Waals surface area contributed by atoms with Gasteiger partial charge in [0.05, 0.1) is 6.42 Å². The number of rotatable bonds is 6. The summed E-state index contributed by atoms with van der Waals surface area (Å²) in [7, 11) is 0. The van der Waals surface area contributed by atoms with E-state index in [9.17, 15) is 14.4 Å². The largest absolute Gasteiger partial charge is 0.481 e. The van der Waals surface area contributed by atoms with Gasteiger partial charge in [-0.1, -0.05) is 26.7 Å². The number of carboxylic acid groups (broad SMARTS) is 1. The maximum Gasteiger partial charge on any atom is 0.321 e. The summed E-state index contributed by atoms with van der Waals surface area (Å²) in [6.45, 7) is 4.42. The Bertz CT molecular complexity index is 373. The molecule has 3 N–H and O–H groups in total. The van der Waals surface area contributed by atoms with Crippen molar-refractivity contribution < 1.29 is 19.5 Å². The third-order valence-corrected chi connectivity index (χ3v) is 3.65. The zero-order valence-electron chi connectivity index (χ0n) is 12.2. The number of carbonyl (C=O) groups excluding carboxylic acids is 2. The third-order valence-electron chi connectivity index (χ3n) is 3.65. The van der Waals surface area contributed by atoms with E-state index in [0.29, 0.717) is 12.5 Å². The Morgan fingerprint density at radius 1 is 1.15 bits per heavy atom. The molecule has 0 atom stereocenters. The maximum absolute atomic E-state index is 11.9. The van der Waals surface area contributed by atoms with Crippen LogP contribution in [-0.2, 0) is 9.59 Å². The zero-order chi connectivity index (χ0) is 15.2. The van der Waals surface area contributed by atoms with E-state index >= 15 is 0 Å². The lowest BCUT2D eigenvalue weighted by molar-refractivity contribution is -0.140. The molecule has 3 amide bonds. The van der Waals surface area contributed by atoms with Gasteiger partial charge in [-0.15, -0.1) is 0 Å². The number of urea groups is 1. The van der Waals surface area contributed by atoms with E-state index in [2.05, 4.69) is 10.6 Å². The van der Waals surface area contributed by atoms with E-state index in [0.717, 1.165) is 25.7 Å². The molecule has 114 valence electrons. The molecule has 1 saturated carbocycles. The van der Waals surface area contributed by atoms with Crippen LogP contribution in [0.4, 0.5) is 4.79 Å². The van der Waals surface area contributed by atoms with Crippen molar-refractivity contribution in [2.75, 3.05) is 6.54 Å². The Balaban J connectivity index is 2.46. The molecule has 6 heteroatoms. The molecule has 0 aromatic rings. The average Bonchev–Trinajstić information content (AvgIpc) is 2.73. The smallest absolute Gasteiger partial charge is 0.321 e. The highest BCUT2D eigenvalue weighted by molar-refractivity contribution is 5.94. The van der Waals surface area contributed by atoms with Gasteiger partial charge in [0.2, 0.25) is 5.91 Å². The van der Waals surface area contributed by atoms with Gasteiger partial charge in [-0.3, -0.25) is 14.9 Å². The average molecular weight is 284 g/mol. The SMILES string of the molecule is CC(C)CNC(=O)NC(=O)CC1(CC(=O)O)CCCC1. The van der Waals surface area contributed by atoms with Gasteiger partial charge in [0.1, 0.15) is 0 Å². The molecule has 0 bridgehead atoms. The fourth-order valence-electron chi connectivity index (χ4n) is 2.71. The highest BCUT2D eigenvalue weighted by Gasteiger charge is 2.38. The van der Waals surface area contributed by atoms with E-state index in [-0.39, 0.29) is 12.8 Å². The summed E-state index contributed by atoms with van der Waals surface area (Å²) >= 11 is 0. The van der Waals surface area contributed by atoms with E-state index < -0.39 is 23.3 Å². The lowest BCUT2D eigenvalue weighted by Gasteiger charge is -2.26. The topological polar surface area (TPSA) is 95.5 Å². The molecule has 1 fully saturated rings. The van der Waals surface area contributed by atoms with Crippen molar-refractivity contribution in [1.82, 2.24) is 10.6 Å². The standard InChI is InChI=1S/C14H24N2O4/c1-10(2)9-15-13(20)16-11(17)7-14(8-12(18)19)5-3-4-6-14/h10H,3-9H2,1-2H3,(H,18,19)(H2,15,16,17,20). The van der Waals surface area contributed by atoms with E-state index in [4.69, 9.17) is 5.11 Å². The summed E-state index contributed by atoms with van der Waals surface area (Å²) in [5, 5.41) is 13.9. The van der Waals surface area contributed by atoms with Crippen LogP contribution in [0.15, 0.2) is 0 Å². The molecule has 0 aliphatic heterocycles. The van der Waals surface area contributed by atoms with Crippen molar-refractivity contribution in [3.63, 3.8) is 0 Å². The summed E-state index contributed by atoms with van der Waals surface area (Å²) in [6, 6.07) is -0.507. The zero-order valence-corrected chi connectivity index (χ0v) is 12.2. The molecule has 20 heavy (non-hydrogen) atoms. The van der Waals surface area contributed by atoms with Crippen LogP contribution >= 0.6 is 0 Å². The number of hydrogen-bond acceptors (Lipinski definition) is 3. The summed E-state index contributed by atoms with van der Waals surface area (Å²) in [5.74, 6) is -0.970. The summed E-state index contributed by atoms with van der Waals surface area (Å²) < 4.78 is 0. The molecule has 6 nitrogen and oxygen atoms in total. The molecule has 0 heterocycles. The number of aliphatic carboxylic acids is 1. The van der Waals surface area contributed by atoms with Gasteiger partial charge >= 0.3 is 12.0 Å². The Hall–Kier alpha value is -1.59. The first kappa shape index (κ1) is 16.5. The fraction of sp³-hybridized carbons (Fsp3) is 0.786. The van der Waals surface area contributed by atoms with Crippen LogP contribution in [0.5, 0.6) is 0 Å². The molecule has 0 aromatic carbocycles. The van der Waals surface area contributed by atoms with E-state index in [1.165, 1.54) is 0 Å². The van der Waals surface area contributed by atoms with Crippen LogP contribution in [0.1, 0.15) is 52.4 Å². The van der Waals surface area contributed by atoms with Gasteiger partial charge in [0, 0.05) is 13.0 Å². The number of amides is 3. The Morgan fingerprint density at radius 3 is 2.25 bits per heavy atom. The minimum absolute atomic E-state index is 0.00592. The monoisotopic (exact) mass is 284 g/mol. The molecule has 0 aromatic heterocycles. The highest BCUT2D eigenvalue weighted by Crippen LogP contribution is 2.43. The highest BCUT2D eigenvalue weighted by atomic mass is 16.4. The van der Waals surface area contributed by atoms with Gasteiger partial charge < -0.3 is 10.4 Å². The van der Waals surface area contributed by atoms with Crippen LogP contribution in [0, 0.1) is 11.3 Å². The predicted octanol–water partition coefficient (Wildman–Crippen LogP) is 1.89. The number of hydrogen-bond donors (Lipinski definition) is 3.